The van der Waals surface area contributed by atoms with Crippen molar-refractivity contribution in [3.63, 3.8) is 0 Å². The SMILES string of the molecule is COc1cc2c(Nc3cc(O[Si]C(C)(C)C(c4ccccc4)c4ccccc4)c(Cl)cc3F)ncnc2cc1OCc1ccccc1. The number of rotatable bonds is 12. The van der Waals surface area contributed by atoms with E-state index < -0.39 is 5.82 Å². The molecule has 6 aromatic rings. The smallest absolute Gasteiger partial charge is 0.318 e. The fourth-order valence-electron chi connectivity index (χ4n) is 5.56. The zero-order chi connectivity index (χ0) is 32.8. The Bertz CT molecular complexity index is 1930. The molecule has 5 aromatic carbocycles. The van der Waals surface area contributed by atoms with Gasteiger partial charge in [0.15, 0.2) is 11.5 Å². The molecule has 1 N–H and O–H groups in total. The van der Waals surface area contributed by atoms with Crippen molar-refractivity contribution in [1.82, 2.24) is 9.97 Å². The van der Waals surface area contributed by atoms with Crippen molar-refractivity contribution < 1.29 is 18.3 Å². The number of halogens is 2. The Morgan fingerprint density at radius 2 is 1.45 bits per heavy atom. The van der Waals surface area contributed by atoms with Gasteiger partial charge in [0.05, 0.1) is 23.3 Å². The lowest BCUT2D eigenvalue weighted by Crippen LogP contribution is -2.27. The molecule has 0 amide bonds. The minimum atomic E-state index is -0.544. The van der Waals surface area contributed by atoms with Crippen LogP contribution in [0, 0.1) is 5.82 Å². The third-order valence-corrected chi connectivity index (χ3v) is 9.28. The van der Waals surface area contributed by atoms with E-state index in [9.17, 15) is 0 Å². The number of fused-ring (bicyclic) bond motifs is 1. The highest BCUT2D eigenvalue weighted by atomic mass is 35.5. The van der Waals surface area contributed by atoms with Gasteiger partial charge in [-0.05, 0) is 28.8 Å². The Hall–Kier alpha value is -4.92. The molecule has 0 aliphatic rings. The van der Waals surface area contributed by atoms with E-state index in [1.807, 2.05) is 66.7 Å². The molecule has 47 heavy (non-hydrogen) atoms. The molecule has 236 valence electrons. The van der Waals surface area contributed by atoms with E-state index in [0.29, 0.717) is 40.6 Å². The predicted molar refractivity (Wildman–Crippen MR) is 187 cm³/mol. The fourth-order valence-corrected chi connectivity index (χ4v) is 6.81. The van der Waals surface area contributed by atoms with Gasteiger partial charge in [-0.25, -0.2) is 14.4 Å². The van der Waals surface area contributed by atoms with Gasteiger partial charge < -0.3 is 19.2 Å². The number of hydrogen-bond acceptors (Lipinski definition) is 6. The Morgan fingerprint density at radius 1 is 0.809 bits per heavy atom. The van der Waals surface area contributed by atoms with Crippen LogP contribution in [0.5, 0.6) is 17.2 Å². The highest BCUT2D eigenvalue weighted by Gasteiger charge is 2.35. The molecule has 0 unspecified atom stereocenters. The average Bonchev–Trinajstić information content (AvgIpc) is 3.09. The molecule has 1 heterocycles. The quantitative estimate of drug-likeness (QED) is 0.132. The van der Waals surface area contributed by atoms with Crippen molar-refractivity contribution in [2.24, 2.45) is 0 Å². The molecular weight excluding hydrogens is 629 g/mol. The number of nitrogens with one attached hydrogen (secondary N) is 1. The largest absolute Gasteiger partial charge is 0.539 e. The van der Waals surface area contributed by atoms with Gasteiger partial charge in [0.25, 0.3) is 0 Å². The minimum Gasteiger partial charge on any atom is -0.539 e. The molecule has 0 saturated heterocycles. The number of anilines is 2. The van der Waals surface area contributed by atoms with Gasteiger partial charge in [0.1, 0.15) is 30.3 Å². The summed E-state index contributed by atoms with van der Waals surface area (Å²) < 4.78 is 33.4. The van der Waals surface area contributed by atoms with E-state index in [2.05, 4.69) is 53.4 Å². The number of hydrogen-bond donors (Lipinski definition) is 1. The first-order chi connectivity index (χ1) is 22.8. The van der Waals surface area contributed by atoms with E-state index in [-0.39, 0.29) is 31.4 Å². The maximum atomic E-state index is 15.3. The molecule has 0 fully saturated rings. The second-order valence-corrected chi connectivity index (χ2v) is 13.7. The van der Waals surface area contributed by atoms with Gasteiger partial charge in [0.2, 0.25) is 0 Å². The van der Waals surface area contributed by atoms with Crippen LogP contribution in [-0.2, 0) is 6.61 Å². The molecule has 0 aliphatic heterocycles. The number of nitrogens with zero attached hydrogens (tertiary/aromatic N) is 2. The van der Waals surface area contributed by atoms with Crippen molar-refractivity contribution in [2.45, 2.75) is 31.4 Å². The summed E-state index contributed by atoms with van der Waals surface area (Å²) in [6.07, 6.45) is 1.42. The van der Waals surface area contributed by atoms with Crippen LogP contribution >= 0.6 is 11.6 Å². The Balaban J connectivity index is 1.25. The number of benzene rings is 5. The molecule has 6 nitrogen and oxygen atoms in total. The Morgan fingerprint density at radius 3 is 2.09 bits per heavy atom. The second-order valence-electron chi connectivity index (χ2n) is 11.6. The first-order valence-electron chi connectivity index (χ1n) is 15.1. The van der Waals surface area contributed by atoms with Gasteiger partial charge in [-0.3, -0.25) is 0 Å². The summed E-state index contributed by atoms with van der Waals surface area (Å²) >= 11 is 6.53. The van der Waals surface area contributed by atoms with Crippen LogP contribution in [0.4, 0.5) is 15.9 Å². The van der Waals surface area contributed by atoms with E-state index in [4.69, 9.17) is 25.5 Å². The summed E-state index contributed by atoms with van der Waals surface area (Å²) in [5, 5.41) is 3.61. The topological polar surface area (TPSA) is 65.5 Å². The van der Waals surface area contributed by atoms with Gasteiger partial charge in [-0.15, -0.1) is 0 Å². The molecule has 1 aromatic heterocycles. The van der Waals surface area contributed by atoms with Crippen LogP contribution in [0.3, 0.4) is 0 Å². The minimum absolute atomic E-state index is 0.00475. The highest BCUT2D eigenvalue weighted by molar-refractivity contribution is 6.36. The van der Waals surface area contributed by atoms with Crippen LogP contribution in [0.25, 0.3) is 10.9 Å². The monoisotopic (exact) mass is 661 g/mol. The first kappa shape index (κ1) is 32.0. The molecule has 0 spiro atoms. The molecular formula is C38H33ClFN3O3Si. The lowest BCUT2D eigenvalue weighted by molar-refractivity contribution is 0.285. The third-order valence-electron chi connectivity index (χ3n) is 7.84. The van der Waals surface area contributed by atoms with Crippen LogP contribution in [0.1, 0.15) is 36.5 Å². The molecule has 2 radical (unpaired) electrons. The summed E-state index contributed by atoms with van der Waals surface area (Å²) in [5.41, 5.74) is 4.17. The van der Waals surface area contributed by atoms with Crippen LogP contribution < -0.4 is 19.2 Å². The number of methoxy groups -OCH3 is 1. The van der Waals surface area contributed by atoms with Gasteiger partial charge in [0, 0.05) is 28.5 Å². The van der Waals surface area contributed by atoms with Crippen molar-refractivity contribution in [3.8, 4) is 17.2 Å². The molecule has 0 atom stereocenters. The zero-order valence-corrected chi connectivity index (χ0v) is 28.0. The van der Waals surface area contributed by atoms with E-state index in [1.54, 1.807) is 25.3 Å². The summed E-state index contributed by atoms with van der Waals surface area (Å²) in [6.45, 7) is 4.71. The Kier molecular flexibility index (Phi) is 9.70. The fraction of sp³-hybridized carbons (Fsp3) is 0.158. The standard InChI is InChI=1S/C38H33ClFN3O3Si/c1-38(2,36(26-15-9-5-10-16-26)27-17-11-6-12-18-27)47-46-33-22-32(30(40)20-29(33)39)43-37-28-19-34(44-3)35(21-31(28)41-24-42-37)45-23-25-13-7-4-8-14-25/h4-22,24,36H,23H2,1-3H3,(H,41,42,43). The highest BCUT2D eigenvalue weighted by Crippen LogP contribution is 2.46. The number of ether oxygens (including phenoxy) is 2. The third kappa shape index (κ3) is 7.40. The zero-order valence-electron chi connectivity index (χ0n) is 26.2. The molecule has 0 aliphatic carbocycles. The lowest BCUT2D eigenvalue weighted by atomic mass is 9.82. The van der Waals surface area contributed by atoms with Crippen LogP contribution in [-0.4, -0.2) is 26.8 Å². The summed E-state index contributed by atoms with van der Waals surface area (Å²) in [5.74, 6) is 1.32. The summed E-state index contributed by atoms with van der Waals surface area (Å²) in [7, 11) is 1.57. The van der Waals surface area contributed by atoms with Crippen LogP contribution in [0.15, 0.2) is 122 Å². The maximum absolute atomic E-state index is 15.3. The lowest BCUT2D eigenvalue weighted by Gasteiger charge is -2.34. The predicted octanol–water partition coefficient (Wildman–Crippen LogP) is 9.78. The first-order valence-corrected chi connectivity index (χ1v) is 16.4. The van der Waals surface area contributed by atoms with Gasteiger partial charge >= 0.3 is 9.76 Å². The van der Waals surface area contributed by atoms with Crippen molar-refractivity contribution in [3.05, 3.63) is 149 Å². The number of aromatic nitrogens is 2. The molecule has 0 saturated carbocycles. The van der Waals surface area contributed by atoms with Gasteiger partial charge in [-0.1, -0.05) is 116 Å². The summed E-state index contributed by atoms with van der Waals surface area (Å²) in [6, 6.07) is 37.0. The van der Waals surface area contributed by atoms with Gasteiger partial charge in [-0.2, -0.15) is 0 Å². The second kappa shape index (κ2) is 14.2. The van der Waals surface area contributed by atoms with E-state index in [0.717, 1.165) is 5.56 Å². The molecule has 0 bridgehead atoms. The van der Waals surface area contributed by atoms with E-state index >= 15 is 4.39 Å². The normalized spacial score (nSPS) is 11.4. The molecule has 9 heteroatoms. The van der Waals surface area contributed by atoms with Crippen molar-refractivity contribution >= 4 is 43.8 Å². The molecule has 6 rings (SSSR count). The van der Waals surface area contributed by atoms with Crippen molar-refractivity contribution in [2.75, 3.05) is 12.4 Å². The summed E-state index contributed by atoms with van der Waals surface area (Å²) in [4.78, 5) is 8.84. The van der Waals surface area contributed by atoms with Crippen LogP contribution in [0.2, 0.25) is 10.1 Å². The van der Waals surface area contributed by atoms with E-state index in [1.165, 1.54) is 23.5 Å². The van der Waals surface area contributed by atoms with Crippen molar-refractivity contribution in [1.29, 1.82) is 0 Å². The maximum Gasteiger partial charge on any atom is 0.318 e. The average molecular weight is 662 g/mol. The Labute approximate surface area is 281 Å².